The molecule has 1 aromatic heterocycles. The first-order valence-corrected chi connectivity index (χ1v) is 5.21. The molecule has 0 saturated carbocycles. The van der Waals surface area contributed by atoms with Gasteiger partial charge in [-0.05, 0) is 13.8 Å². The largest absolute Gasteiger partial charge is 0.493 e. The molecular formula is C12H16NO3. The number of carbonyl (C=O) groups excluding carboxylic acids is 1. The number of hydrogen-bond donors (Lipinski definition) is 0. The maximum absolute atomic E-state index is 10.5. The number of rotatable bonds is 5. The van der Waals surface area contributed by atoms with Crippen molar-refractivity contribution in [1.29, 1.82) is 0 Å². The van der Waals surface area contributed by atoms with Crippen molar-refractivity contribution in [3.8, 4) is 5.75 Å². The van der Waals surface area contributed by atoms with E-state index in [4.69, 9.17) is 9.47 Å². The number of nitrogens with zero attached hydrogens (tertiary/aromatic N) is 1. The predicted molar refractivity (Wildman–Crippen MR) is 59.3 cm³/mol. The van der Waals surface area contributed by atoms with E-state index in [0.29, 0.717) is 19.6 Å². The highest BCUT2D eigenvalue weighted by Crippen LogP contribution is 2.20. The highest BCUT2D eigenvalue weighted by molar-refractivity contribution is 5.65. The van der Waals surface area contributed by atoms with Crippen LogP contribution >= 0.6 is 0 Å². The molecular weight excluding hydrogens is 206 g/mol. The number of ether oxygens (including phenoxy) is 2. The Kier molecular flexibility index (Phi) is 4.76. The second-order valence-electron chi connectivity index (χ2n) is 3.55. The summed E-state index contributed by atoms with van der Waals surface area (Å²) in [7, 11) is 0. The van der Waals surface area contributed by atoms with Crippen molar-refractivity contribution in [1.82, 2.24) is 4.98 Å². The summed E-state index contributed by atoms with van der Waals surface area (Å²) in [4.78, 5) is 14.4. The van der Waals surface area contributed by atoms with Gasteiger partial charge in [-0.1, -0.05) is 0 Å². The fourth-order valence-electron chi connectivity index (χ4n) is 1.30. The van der Waals surface area contributed by atoms with Gasteiger partial charge in [0.15, 0.2) is 0 Å². The first-order valence-electron chi connectivity index (χ1n) is 5.21. The number of esters is 1. The third-order valence-electron chi connectivity index (χ3n) is 2.03. The van der Waals surface area contributed by atoms with Crippen LogP contribution in [0.4, 0.5) is 0 Å². The van der Waals surface area contributed by atoms with Gasteiger partial charge in [0.25, 0.3) is 0 Å². The van der Waals surface area contributed by atoms with Crippen LogP contribution in [0.25, 0.3) is 0 Å². The van der Waals surface area contributed by atoms with Crippen molar-refractivity contribution in [3.63, 3.8) is 0 Å². The van der Waals surface area contributed by atoms with Gasteiger partial charge in [0.1, 0.15) is 5.75 Å². The van der Waals surface area contributed by atoms with Crippen LogP contribution in [0.2, 0.25) is 0 Å². The summed E-state index contributed by atoms with van der Waals surface area (Å²) in [6.07, 6.45) is 5.24. The Morgan fingerprint density at radius 3 is 2.81 bits per heavy atom. The molecule has 87 valence electrons. The van der Waals surface area contributed by atoms with Gasteiger partial charge in [-0.3, -0.25) is 9.78 Å². The fraction of sp³-hybridized carbons (Fsp3) is 0.500. The fourth-order valence-corrected chi connectivity index (χ4v) is 1.30. The van der Waals surface area contributed by atoms with E-state index in [1.165, 1.54) is 6.92 Å². The highest BCUT2D eigenvalue weighted by atomic mass is 16.5. The standard InChI is InChI=1S/C12H16NO3/c1-9-7-13-8-10(2)12(9)16-6-4-5-15-11(3)14/h7H,4-6H2,1-3H3. The lowest BCUT2D eigenvalue weighted by molar-refractivity contribution is -0.141. The predicted octanol–water partition coefficient (Wildman–Crippen LogP) is 1.83. The first kappa shape index (κ1) is 12.5. The molecule has 0 aliphatic rings. The molecule has 1 rings (SSSR count). The zero-order valence-electron chi connectivity index (χ0n) is 9.87. The Morgan fingerprint density at radius 1 is 1.44 bits per heavy atom. The normalized spacial score (nSPS) is 9.94. The maximum atomic E-state index is 10.5. The molecule has 4 heteroatoms. The smallest absolute Gasteiger partial charge is 0.302 e. The molecule has 0 aliphatic carbocycles. The molecule has 4 nitrogen and oxygen atoms in total. The average Bonchev–Trinajstić information content (AvgIpc) is 2.21. The lowest BCUT2D eigenvalue weighted by atomic mass is 10.2. The van der Waals surface area contributed by atoms with Gasteiger partial charge in [-0.25, -0.2) is 0 Å². The van der Waals surface area contributed by atoms with E-state index in [-0.39, 0.29) is 5.97 Å². The Balaban J connectivity index is 2.34. The average molecular weight is 222 g/mol. The summed E-state index contributed by atoms with van der Waals surface area (Å²) < 4.78 is 10.4. The van der Waals surface area contributed by atoms with E-state index in [9.17, 15) is 4.79 Å². The van der Waals surface area contributed by atoms with E-state index in [2.05, 4.69) is 11.2 Å². The molecule has 0 aromatic carbocycles. The number of aromatic nitrogens is 1. The van der Waals surface area contributed by atoms with Crippen molar-refractivity contribution in [3.05, 3.63) is 23.5 Å². The van der Waals surface area contributed by atoms with Gasteiger partial charge in [-0.2, -0.15) is 0 Å². The topological polar surface area (TPSA) is 48.4 Å². The maximum Gasteiger partial charge on any atom is 0.302 e. The van der Waals surface area contributed by atoms with Gasteiger partial charge in [0.2, 0.25) is 0 Å². The molecule has 0 atom stereocenters. The minimum atomic E-state index is -0.260. The molecule has 0 aliphatic heterocycles. The molecule has 1 radical (unpaired) electrons. The van der Waals surface area contributed by atoms with Crippen molar-refractivity contribution in [2.75, 3.05) is 13.2 Å². The summed E-state index contributed by atoms with van der Waals surface area (Å²) in [6, 6.07) is 0. The van der Waals surface area contributed by atoms with Crippen LogP contribution in [0, 0.1) is 20.0 Å². The molecule has 0 fully saturated rings. The number of pyridine rings is 1. The van der Waals surface area contributed by atoms with Gasteiger partial charge < -0.3 is 9.47 Å². The van der Waals surface area contributed by atoms with Crippen LogP contribution in [-0.2, 0) is 9.53 Å². The van der Waals surface area contributed by atoms with Crippen LogP contribution in [0.3, 0.4) is 0 Å². The molecule has 0 amide bonds. The summed E-state index contributed by atoms with van der Waals surface area (Å²) in [5, 5.41) is 0. The Labute approximate surface area is 95.6 Å². The SMILES string of the molecule is CC(=O)OCCCOc1c(C)[c]ncc1C. The molecule has 1 heterocycles. The van der Waals surface area contributed by atoms with E-state index < -0.39 is 0 Å². The Hall–Kier alpha value is -1.58. The summed E-state index contributed by atoms with van der Waals surface area (Å²) in [6.45, 7) is 6.15. The van der Waals surface area contributed by atoms with Crippen molar-refractivity contribution < 1.29 is 14.3 Å². The molecule has 0 saturated heterocycles. The summed E-state index contributed by atoms with van der Waals surface area (Å²) in [5.41, 5.74) is 1.89. The van der Waals surface area contributed by atoms with E-state index in [1.807, 2.05) is 13.8 Å². The number of aryl methyl sites for hydroxylation is 2. The summed E-state index contributed by atoms with van der Waals surface area (Å²) >= 11 is 0. The van der Waals surface area contributed by atoms with Crippen LogP contribution in [0.1, 0.15) is 24.5 Å². The third kappa shape index (κ3) is 3.88. The van der Waals surface area contributed by atoms with Crippen LogP contribution < -0.4 is 4.74 Å². The molecule has 1 aromatic rings. The monoisotopic (exact) mass is 222 g/mol. The van der Waals surface area contributed by atoms with Crippen molar-refractivity contribution >= 4 is 5.97 Å². The van der Waals surface area contributed by atoms with Crippen molar-refractivity contribution in [2.45, 2.75) is 27.2 Å². The third-order valence-corrected chi connectivity index (χ3v) is 2.03. The van der Waals surface area contributed by atoms with Gasteiger partial charge in [0.05, 0.1) is 19.4 Å². The van der Waals surface area contributed by atoms with Crippen LogP contribution in [0.15, 0.2) is 6.20 Å². The molecule has 0 unspecified atom stereocenters. The van der Waals surface area contributed by atoms with E-state index >= 15 is 0 Å². The first-order chi connectivity index (χ1) is 7.61. The summed E-state index contributed by atoms with van der Waals surface area (Å²) in [5.74, 6) is 0.558. The van der Waals surface area contributed by atoms with Crippen LogP contribution in [-0.4, -0.2) is 24.2 Å². The van der Waals surface area contributed by atoms with Gasteiger partial charge in [-0.15, -0.1) is 0 Å². The number of carbonyl (C=O) groups is 1. The molecule has 0 spiro atoms. The van der Waals surface area contributed by atoms with Crippen molar-refractivity contribution in [2.24, 2.45) is 0 Å². The van der Waals surface area contributed by atoms with Gasteiger partial charge >= 0.3 is 5.97 Å². The Morgan fingerprint density at radius 2 is 2.19 bits per heavy atom. The van der Waals surface area contributed by atoms with Crippen LogP contribution in [0.5, 0.6) is 5.75 Å². The lowest BCUT2D eigenvalue weighted by Gasteiger charge is -2.10. The minimum absolute atomic E-state index is 0.260. The van der Waals surface area contributed by atoms with E-state index in [0.717, 1.165) is 16.9 Å². The zero-order chi connectivity index (χ0) is 12.0. The molecule has 0 N–H and O–H groups in total. The molecule has 0 bridgehead atoms. The Bertz CT molecular complexity index is 343. The zero-order valence-corrected chi connectivity index (χ0v) is 9.87. The second-order valence-corrected chi connectivity index (χ2v) is 3.55. The van der Waals surface area contributed by atoms with Gasteiger partial charge in [0, 0.05) is 30.7 Å². The minimum Gasteiger partial charge on any atom is -0.493 e. The quantitative estimate of drug-likeness (QED) is 0.563. The lowest BCUT2D eigenvalue weighted by Crippen LogP contribution is -2.07. The highest BCUT2D eigenvalue weighted by Gasteiger charge is 2.04. The second kappa shape index (κ2) is 6.10. The van der Waals surface area contributed by atoms with E-state index in [1.54, 1.807) is 6.20 Å². The number of hydrogen-bond acceptors (Lipinski definition) is 4. The molecule has 16 heavy (non-hydrogen) atoms.